The van der Waals surface area contributed by atoms with Crippen molar-refractivity contribution in [1.82, 2.24) is 15.2 Å². The number of halogens is 2. The molecule has 1 aromatic heterocycles. The molecule has 11 heteroatoms. The lowest BCUT2D eigenvalue weighted by Gasteiger charge is -2.29. The van der Waals surface area contributed by atoms with E-state index in [2.05, 4.69) is 15.6 Å². The predicted molar refractivity (Wildman–Crippen MR) is 142 cm³/mol. The van der Waals surface area contributed by atoms with E-state index in [1.54, 1.807) is 39.1 Å². The molecule has 38 heavy (non-hydrogen) atoms. The normalized spacial score (nSPS) is 11.9. The van der Waals surface area contributed by atoms with Gasteiger partial charge in [-0.15, -0.1) is 0 Å². The minimum absolute atomic E-state index is 0.0477. The van der Waals surface area contributed by atoms with E-state index in [4.69, 9.17) is 21.1 Å². The van der Waals surface area contributed by atoms with Gasteiger partial charge in [0, 0.05) is 25.2 Å². The third-order valence-electron chi connectivity index (χ3n) is 5.42. The summed E-state index contributed by atoms with van der Waals surface area (Å²) in [5.41, 5.74) is -0.355. The van der Waals surface area contributed by atoms with Crippen LogP contribution in [0.2, 0.25) is 5.02 Å². The Hall–Kier alpha value is -3.92. The molecule has 0 bridgehead atoms. The van der Waals surface area contributed by atoms with E-state index >= 15 is 0 Å². The Bertz CT molecular complexity index is 1310. The van der Waals surface area contributed by atoms with Crippen LogP contribution in [0.5, 0.6) is 0 Å². The van der Waals surface area contributed by atoms with E-state index < -0.39 is 35.6 Å². The highest BCUT2D eigenvalue weighted by Gasteiger charge is 2.27. The van der Waals surface area contributed by atoms with E-state index in [0.29, 0.717) is 5.56 Å². The van der Waals surface area contributed by atoms with Gasteiger partial charge in [-0.25, -0.2) is 19.0 Å². The first-order valence-corrected chi connectivity index (χ1v) is 12.2. The van der Waals surface area contributed by atoms with Gasteiger partial charge in [0.05, 0.1) is 17.5 Å². The van der Waals surface area contributed by atoms with E-state index in [1.807, 2.05) is 24.3 Å². The molecule has 202 valence electrons. The zero-order valence-electron chi connectivity index (χ0n) is 21.6. The van der Waals surface area contributed by atoms with Gasteiger partial charge in [-0.05, 0) is 43.9 Å². The van der Waals surface area contributed by atoms with Crippen LogP contribution in [-0.2, 0) is 20.8 Å². The molecule has 0 aliphatic heterocycles. The van der Waals surface area contributed by atoms with Crippen molar-refractivity contribution in [2.45, 2.75) is 45.4 Å². The first-order chi connectivity index (χ1) is 17.9. The Morgan fingerprint density at radius 2 is 1.82 bits per heavy atom. The number of fused-ring (bicyclic) bond motifs is 1. The number of hydrogen-bond donors (Lipinski definition) is 2. The SMILES string of the molecule is CN(C(=O)NCc1cccc(F)c1Cl)C(COC(=O)Nc1cc2ccccc2cn1)CC(=O)OC(C)(C)C. The highest BCUT2D eigenvalue weighted by Crippen LogP contribution is 2.20. The molecule has 0 aliphatic carbocycles. The van der Waals surface area contributed by atoms with Crippen molar-refractivity contribution in [3.8, 4) is 0 Å². The third kappa shape index (κ3) is 8.31. The first kappa shape index (κ1) is 28.6. The minimum Gasteiger partial charge on any atom is -0.460 e. The number of amides is 3. The maximum atomic E-state index is 13.7. The van der Waals surface area contributed by atoms with Gasteiger partial charge in [0.2, 0.25) is 0 Å². The Kier molecular flexibility index (Phi) is 9.46. The molecule has 0 radical (unpaired) electrons. The van der Waals surface area contributed by atoms with Gasteiger partial charge >= 0.3 is 18.1 Å². The number of esters is 1. The Morgan fingerprint density at radius 1 is 1.11 bits per heavy atom. The van der Waals surface area contributed by atoms with Gasteiger partial charge in [0.15, 0.2) is 0 Å². The second kappa shape index (κ2) is 12.6. The summed E-state index contributed by atoms with van der Waals surface area (Å²) in [6.45, 7) is 4.82. The highest BCUT2D eigenvalue weighted by atomic mass is 35.5. The molecule has 3 aromatic rings. The number of pyridine rings is 1. The molecular formula is C27H30ClFN4O5. The van der Waals surface area contributed by atoms with Crippen molar-refractivity contribution >= 4 is 46.3 Å². The molecule has 3 rings (SSSR count). The summed E-state index contributed by atoms with van der Waals surface area (Å²) in [6, 6.07) is 12.1. The molecule has 0 saturated heterocycles. The third-order valence-corrected chi connectivity index (χ3v) is 5.84. The number of urea groups is 1. The van der Waals surface area contributed by atoms with Crippen LogP contribution in [0, 0.1) is 5.82 Å². The summed E-state index contributed by atoms with van der Waals surface area (Å²) in [5, 5.41) is 6.88. The summed E-state index contributed by atoms with van der Waals surface area (Å²) >= 11 is 5.96. The monoisotopic (exact) mass is 544 g/mol. The molecule has 0 spiro atoms. The van der Waals surface area contributed by atoms with Crippen LogP contribution in [0.25, 0.3) is 10.8 Å². The van der Waals surface area contributed by atoms with Crippen LogP contribution in [0.3, 0.4) is 0 Å². The number of hydrogen-bond acceptors (Lipinski definition) is 6. The largest absolute Gasteiger partial charge is 0.460 e. The van der Waals surface area contributed by atoms with Crippen molar-refractivity contribution in [2.75, 3.05) is 19.0 Å². The Labute approximate surface area is 225 Å². The Balaban J connectivity index is 1.65. The second-order valence-corrected chi connectivity index (χ2v) is 9.95. The molecule has 1 unspecified atom stereocenters. The lowest BCUT2D eigenvalue weighted by atomic mass is 10.1. The van der Waals surface area contributed by atoms with Gasteiger partial charge in [-0.1, -0.05) is 48.0 Å². The fraction of sp³-hybridized carbons (Fsp3) is 0.333. The van der Waals surface area contributed by atoms with Crippen LogP contribution in [0.1, 0.15) is 32.8 Å². The van der Waals surface area contributed by atoms with Crippen LogP contribution in [0.4, 0.5) is 19.8 Å². The number of likely N-dealkylation sites (N-methyl/N-ethyl adjacent to an activating group) is 1. The highest BCUT2D eigenvalue weighted by molar-refractivity contribution is 6.31. The molecular weight excluding hydrogens is 515 g/mol. The van der Waals surface area contributed by atoms with Gasteiger partial charge in [-0.3, -0.25) is 10.1 Å². The molecule has 0 aliphatic rings. The number of benzene rings is 2. The minimum atomic E-state index is -0.858. The zero-order valence-corrected chi connectivity index (χ0v) is 22.3. The van der Waals surface area contributed by atoms with Gasteiger partial charge in [-0.2, -0.15) is 0 Å². The molecule has 9 nitrogen and oxygen atoms in total. The standard InChI is InChI=1S/C27H30ClFN4O5/c1-27(2,3)38-23(34)13-20(33(4)25(35)31-15-19-10-7-11-21(29)24(19)28)16-37-26(36)32-22-12-17-8-5-6-9-18(17)14-30-22/h5-12,14,20H,13,15-16H2,1-4H3,(H,31,35)(H,30,32,36). The summed E-state index contributed by atoms with van der Waals surface area (Å²) in [7, 11) is 1.45. The molecule has 2 N–H and O–H groups in total. The van der Waals surface area contributed by atoms with E-state index in [-0.39, 0.29) is 30.4 Å². The van der Waals surface area contributed by atoms with E-state index in [0.717, 1.165) is 10.8 Å². The topological polar surface area (TPSA) is 110 Å². The molecule has 2 aromatic carbocycles. The number of nitrogens with zero attached hydrogens (tertiary/aromatic N) is 2. The second-order valence-electron chi connectivity index (χ2n) is 9.57. The molecule has 1 heterocycles. The fourth-order valence-corrected chi connectivity index (χ4v) is 3.69. The summed E-state index contributed by atoms with van der Waals surface area (Å²) in [4.78, 5) is 43.2. The van der Waals surface area contributed by atoms with Crippen molar-refractivity contribution in [2.24, 2.45) is 0 Å². The number of carbonyl (C=O) groups excluding carboxylic acids is 3. The summed E-state index contributed by atoms with van der Waals surface area (Å²) < 4.78 is 24.4. The van der Waals surface area contributed by atoms with Crippen molar-refractivity contribution in [3.05, 3.63) is 71.1 Å². The van der Waals surface area contributed by atoms with Crippen molar-refractivity contribution < 1.29 is 28.2 Å². The Morgan fingerprint density at radius 3 is 2.53 bits per heavy atom. The number of aromatic nitrogens is 1. The van der Waals surface area contributed by atoms with Crippen molar-refractivity contribution in [1.29, 1.82) is 0 Å². The quantitative estimate of drug-likeness (QED) is 0.361. The van der Waals surface area contributed by atoms with Crippen LogP contribution in [-0.4, -0.2) is 53.3 Å². The molecule has 0 fully saturated rings. The summed E-state index contributed by atoms with van der Waals surface area (Å²) in [6.07, 6.45) is 0.588. The lowest BCUT2D eigenvalue weighted by Crippen LogP contribution is -2.47. The van der Waals surface area contributed by atoms with Crippen LogP contribution >= 0.6 is 11.6 Å². The number of rotatable bonds is 8. The average Bonchev–Trinajstić information content (AvgIpc) is 2.85. The maximum Gasteiger partial charge on any atom is 0.412 e. The number of ether oxygens (including phenoxy) is 2. The van der Waals surface area contributed by atoms with Gasteiger partial charge < -0.3 is 19.7 Å². The predicted octanol–water partition coefficient (Wildman–Crippen LogP) is 5.52. The zero-order chi connectivity index (χ0) is 27.9. The van der Waals surface area contributed by atoms with Crippen molar-refractivity contribution in [3.63, 3.8) is 0 Å². The molecule has 3 amide bonds. The van der Waals surface area contributed by atoms with E-state index in [9.17, 15) is 18.8 Å². The van der Waals surface area contributed by atoms with Gasteiger partial charge in [0.25, 0.3) is 0 Å². The summed E-state index contributed by atoms with van der Waals surface area (Å²) in [5.74, 6) is -0.888. The van der Waals surface area contributed by atoms with Crippen LogP contribution < -0.4 is 10.6 Å². The molecule has 1 atom stereocenters. The number of nitrogens with one attached hydrogen (secondary N) is 2. The first-order valence-electron chi connectivity index (χ1n) is 11.9. The lowest BCUT2D eigenvalue weighted by molar-refractivity contribution is -0.156. The average molecular weight is 545 g/mol. The maximum absolute atomic E-state index is 13.7. The van der Waals surface area contributed by atoms with Gasteiger partial charge in [0.1, 0.15) is 23.8 Å². The van der Waals surface area contributed by atoms with E-state index in [1.165, 1.54) is 24.1 Å². The smallest absolute Gasteiger partial charge is 0.412 e. The number of anilines is 1. The number of carbonyl (C=O) groups is 3. The fourth-order valence-electron chi connectivity index (χ4n) is 3.49. The van der Waals surface area contributed by atoms with Crippen LogP contribution in [0.15, 0.2) is 54.7 Å². The molecule has 0 saturated carbocycles.